The van der Waals surface area contributed by atoms with Gasteiger partial charge in [-0.15, -0.1) is 24.0 Å². The number of nitrogens with zero attached hydrogens (tertiary/aromatic N) is 3. The van der Waals surface area contributed by atoms with Crippen molar-refractivity contribution in [3.63, 3.8) is 0 Å². The van der Waals surface area contributed by atoms with Crippen LogP contribution in [0.4, 0.5) is 5.69 Å². The molecule has 156 valence electrons. The molecule has 0 aliphatic carbocycles. The molecular weight excluding hydrogens is 475 g/mol. The molecule has 1 atom stereocenters. The molecule has 29 heavy (non-hydrogen) atoms. The van der Waals surface area contributed by atoms with Crippen LogP contribution in [0.1, 0.15) is 22.7 Å². The minimum absolute atomic E-state index is 0. The van der Waals surface area contributed by atoms with Crippen LogP contribution >= 0.6 is 24.0 Å². The van der Waals surface area contributed by atoms with E-state index in [1.165, 1.54) is 22.4 Å². The fourth-order valence-corrected chi connectivity index (χ4v) is 4.27. The van der Waals surface area contributed by atoms with Crippen LogP contribution in [-0.2, 0) is 11.2 Å². The molecule has 5 nitrogen and oxygen atoms in total. The first-order valence-corrected chi connectivity index (χ1v) is 10.2. The zero-order valence-electron chi connectivity index (χ0n) is 17.3. The van der Waals surface area contributed by atoms with E-state index in [4.69, 9.17) is 4.74 Å². The summed E-state index contributed by atoms with van der Waals surface area (Å²) in [6.45, 7) is 7.50. The molecule has 0 spiro atoms. The lowest BCUT2D eigenvalue weighted by atomic mass is 10.0. The van der Waals surface area contributed by atoms with Crippen molar-refractivity contribution in [2.24, 2.45) is 4.99 Å². The molecule has 4 rings (SSSR count). The molecule has 2 aromatic carbocycles. The van der Waals surface area contributed by atoms with E-state index in [2.05, 4.69) is 75.6 Å². The maximum absolute atomic E-state index is 5.58. The van der Waals surface area contributed by atoms with Gasteiger partial charge in [0.2, 0.25) is 0 Å². The van der Waals surface area contributed by atoms with Gasteiger partial charge in [0.15, 0.2) is 5.96 Å². The van der Waals surface area contributed by atoms with Gasteiger partial charge in [0, 0.05) is 38.9 Å². The zero-order valence-corrected chi connectivity index (χ0v) is 19.6. The van der Waals surface area contributed by atoms with Crippen molar-refractivity contribution < 1.29 is 4.74 Å². The summed E-state index contributed by atoms with van der Waals surface area (Å²) in [5.74, 6) is 0.955. The lowest BCUT2D eigenvalue weighted by Crippen LogP contribution is -2.47. The van der Waals surface area contributed by atoms with Gasteiger partial charge in [-0.3, -0.25) is 9.89 Å². The number of ether oxygens (including phenoxy) is 1. The highest BCUT2D eigenvalue weighted by atomic mass is 127. The lowest BCUT2D eigenvalue weighted by Gasteiger charge is -2.36. The number of guanidine groups is 1. The number of aliphatic imine (C=N–C) groups is 1. The maximum Gasteiger partial charge on any atom is 0.198 e. The van der Waals surface area contributed by atoms with Crippen LogP contribution in [0, 0.1) is 6.92 Å². The average molecular weight is 506 g/mol. The number of aryl methyl sites for hydroxylation is 1. The molecular formula is C23H31IN4O. The van der Waals surface area contributed by atoms with E-state index in [1.807, 2.05) is 7.05 Å². The average Bonchev–Trinajstić information content (AvgIpc) is 3.16. The van der Waals surface area contributed by atoms with E-state index in [-0.39, 0.29) is 24.0 Å². The number of hydrogen-bond acceptors (Lipinski definition) is 3. The second-order valence-electron chi connectivity index (χ2n) is 7.54. The van der Waals surface area contributed by atoms with Gasteiger partial charge in [-0.1, -0.05) is 48.0 Å². The number of rotatable bonds is 4. The molecule has 1 unspecified atom stereocenters. The third-order valence-corrected chi connectivity index (χ3v) is 5.72. The van der Waals surface area contributed by atoms with Gasteiger partial charge in [-0.05, 0) is 30.5 Å². The molecule has 0 amide bonds. The van der Waals surface area contributed by atoms with Gasteiger partial charge < -0.3 is 15.0 Å². The van der Waals surface area contributed by atoms with Crippen molar-refractivity contribution >= 4 is 35.6 Å². The second-order valence-corrected chi connectivity index (χ2v) is 7.54. The highest BCUT2D eigenvalue weighted by Crippen LogP contribution is 2.28. The van der Waals surface area contributed by atoms with Crippen molar-refractivity contribution in [3.8, 4) is 0 Å². The molecule has 1 N–H and O–H groups in total. The Hall–Kier alpha value is -1.64. The van der Waals surface area contributed by atoms with Crippen molar-refractivity contribution in [3.05, 3.63) is 65.2 Å². The summed E-state index contributed by atoms with van der Waals surface area (Å²) in [5, 5.41) is 3.66. The second kappa shape index (κ2) is 10.4. The SMILES string of the molecule is CN=C(NCC(c1cccc(C)c1)N1CCOCC1)N1CCc2ccccc21.I. The molecule has 0 saturated carbocycles. The van der Waals surface area contributed by atoms with Gasteiger partial charge in [0.05, 0.1) is 19.3 Å². The fraction of sp³-hybridized carbons (Fsp3) is 0.435. The number of para-hydroxylation sites is 1. The summed E-state index contributed by atoms with van der Waals surface area (Å²) >= 11 is 0. The molecule has 1 fully saturated rings. The number of fused-ring (bicyclic) bond motifs is 1. The molecule has 2 heterocycles. The fourth-order valence-electron chi connectivity index (χ4n) is 4.27. The molecule has 2 aromatic rings. The van der Waals surface area contributed by atoms with Crippen molar-refractivity contribution in [2.75, 3.05) is 51.3 Å². The van der Waals surface area contributed by atoms with Gasteiger partial charge in [0.1, 0.15) is 0 Å². The largest absolute Gasteiger partial charge is 0.379 e. The van der Waals surface area contributed by atoms with Gasteiger partial charge in [-0.2, -0.15) is 0 Å². The van der Waals surface area contributed by atoms with Crippen LogP contribution in [-0.4, -0.2) is 57.3 Å². The summed E-state index contributed by atoms with van der Waals surface area (Å²) in [5.41, 5.74) is 5.32. The van der Waals surface area contributed by atoms with Crippen LogP contribution in [0.25, 0.3) is 0 Å². The molecule has 2 aliphatic rings. The van der Waals surface area contributed by atoms with Crippen molar-refractivity contribution in [1.29, 1.82) is 0 Å². The Morgan fingerprint density at radius 1 is 1.10 bits per heavy atom. The predicted molar refractivity (Wildman–Crippen MR) is 131 cm³/mol. The zero-order chi connectivity index (χ0) is 19.3. The Balaban J connectivity index is 0.00000240. The monoisotopic (exact) mass is 506 g/mol. The number of morpholine rings is 1. The number of nitrogens with one attached hydrogen (secondary N) is 1. The Kier molecular flexibility index (Phi) is 7.91. The van der Waals surface area contributed by atoms with E-state index in [1.54, 1.807) is 0 Å². The van der Waals surface area contributed by atoms with Gasteiger partial charge in [0.25, 0.3) is 0 Å². The molecule has 0 radical (unpaired) electrons. The summed E-state index contributed by atoms with van der Waals surface area (Å²) in [7, 11) is 1.87. The first kappa shape index (κ1) is 22.1. The Morgan fingerprint density at radius 2 is 1.90 bits per heavy atom. The van der Waals surface area contributed by atoms with Crippen LogP contribution in [0.5, 0.6) is 0 Å². The first-order chi connectivity index (χ1) is 13.8. The van der Waals surface area contributed by atoms with E-state index >= 15 is 0 Å². The van der Waals surface area contributed by atoms with Crippen LogP contribution in [0.15, 0.2) is 53.5 Å². The topological polar surface area (TPSA) is 40.1 Å². The van der Waals surface area contributed by atoms with Gasteiger partial charge >= 0.3 is 0 Å². The number of halogens is 1. The van der Waals surface area contributed by atoms with Crippen LogP contribution in [0.2, 0.25) is 0 Å². The third-order valence-electron chi connectivity index (χ3n) is 5.72. The predicted octanol–water partition coefficient (Wildman–Crippen LogP) is 3.62. The van der Waals surface area contributed by atoms with Crippen LogP contribution in [0.3, 0.4) is 0 Å². The summed E-state index contributed by atoms with van der Waals surface area (Å²) in [6, 6.07) is 17.8. The minimum Gasteiger partial charge on any atom is -0.379 e. The maximum atomic E-state index is 5.58. The summed E-state index contributed by atoms with van der Waals surface area (Å²) < 4.78 is 5.58. The Labute approximate surface area is 191 Å². The summed E-state index contributed by atoms with van der Waals surface area (Å²) in [4.78, 5) is 9.42. The van der Waals surface area contributed by atoms with Gasteiger partial charge in [-0.25, -0.2) is 0 Å². The molecule has 0 bridgehead atoms. The Morgan fingerprint density at radius 3 is 2.66 bits per heavy atom. The van der Waals surface area contributed by atoms with Crippen molar-refractivity contribution in [1.82, 2.24) is 10.2 Å². The smallest absolute Gasteiger partial charge is 0.198 e. The standard InChI is InChI=1S/C23H30N4O.HI/c1-18-6-5-8-20(16-18)22(26-12-14-28-15-13-26)17-25-23(24-2)27-11-10-19-7-3-4-9-21(19)27;/h3-9,16,22H,10-15,17H2,1-2H3,(H,24,25);1H. The number of hydrogen-bond donors (Lipinski definition) is 1. The van der Waals surface area contributed by atoms with E-state index in [9.17, 15) is 0 Å². The highest BCUT2D eigenvalue weighted by Gasteiger charge is 2.26. The normalized spacial score (nSPS) is 18.1. The third kappa shape index (κ3) is 5.10. The van der Waals surface area contributed by atoms with E-state index < -0.39 is 0 Å². The highest BCUT2D eigenvalue weighted by molar-refractivity contribution is 14.0. The quantitative estimate of drug-likeness (QED) is 0.391. The molecule has 1 saturated heterocycles. The minimum atomic E-state index is 0. The van der Waals surface area contributed by atoms with Crippen LogP contribution < -0.4 is 10.2 Å². The van der Waals surface area contributed by atoms with E-state index in [0.717, 1.165) is 51.8 Å². The van der Waals surface area contributed by atoms with Crippen molar-refractivity contribution in [2.45, 2.75) is 19.4 Å². The molecule has 0 aromatic heterocycles. The number of benzene rings is 2. The first-order valence-electron chi connectivity index (χ1n) is 10.2. The molecule has 2 aliphatic heterocycles. The number of anilines is 1. The Bertz CT molecular complexity index is 835. The van der Waals surface area contributed by atoms with E-state index in [0.29, 0.717) is 6.04 Å². The molecule has 6 heteroatoms. The summed E-state index contributed by atoms with van der Waals surface area (Å²) in [6.07, 6.45) is 1.07. The lowest BCUT2D eigenvalue weighted by molar-refractivity contribution is 0.0170.